The van der Waals surface area contributed by atoms with Gasteiger partial charge in [0.1, 0.15) is 23.6 Å². The molecule has 4 fully saturated rings. The van der Waals surface area contributed by atoms with Crippen LogP contribution in [0.4, 0.5) is 10.2 Å². The number of anilines is 1. The lowest BCUT2D eigenvalue weighted by Crippen LogP contribution is -2.45. The van der Waals surface area contributed by atoms with Crippen molar-refractivity contribution in [1.29, 1.82) is 0 Å². The lowest BCUT2D eigenvalue weighted by Gasteiger charge is -2.37. The van der Waals surface area contributed by atoms with E-state index in [1.165, 1.54) is 12.8 Å². The molecule has 3 aliphatic heterocycles. The van der Waals surface area contributed by atoms with Crippen molar-refractivity contribution in [3.05, 3.63) is 47.5 Å². The molecule has 10 nitrogen and oxygen atoms in total. The summed E-state index contributed by atoms with van der Waals surface area (Å²) in [5, 5.41) is 19.6. The highest BCUT2D eigenvalue weighted by Crippen LogP contribution is 2.40. The quantitative estimate of drug-likeness (QED) is 0.169. The number of allylic oxidation sites excluding steroid dienone is 1. The molecule has 8 rings (SSSR count). The van der Waals surface area contributed by atoms with Gasteiger partial charge < -0.3 is 19.5 Å². The molecule has 4 aromatic rings. The summed E-state index contributed by atoms with van der Waals surface area (Å²) in [7, 11) is 0. The second-order valence-corrected chi connectivity index (χ2v) is 13.9. The van der Waals surface area contributed by atoms with Crippen LogP contribution in [-0.4, -0.2) is 92.8 Å². The number of aliphatic hydroxyl groups is 1. The van der Waals surface area contributed by atoms with Crippen LogP contribution in [0, 0.1) is 17.7 Å². The van der Waals surface area contributed by atoms with E-state index in [9.17, 15) is 5.11 Å². The fourth-order valence-corrected chi connectivity index (χ4v) is 7.91. The van der Waals surface area contributed by atoms with Crippen molar-refractivity contribution in [1.82, 2.24) is 30.0 Å². The van der Waals surface area contributed by atoms with Gasteiger partial charge in [0.15, 0.2) is 5.82 Å². The first kappa shape index (κ1) is 30.0. The number of halogens is 2. The van der Waals surface area contributed by atoms with E-state index in [4.69, 9.17) is 26.1 Å². The number of nitrogens with one attached hydrogen (secondary N) is 1. The molecule has 3 aromatic heterocycles. The fraction of sp³-hybridized carbons (Fsp3) is 0.529. The van der Waals surface area contributed by atoms with Crippen molar-refractivity contribution in [3.8, 4) is 17.3 Å². The van der Waals surface area contributed by atoms with Crippen molar-refractivity contribution in [2.75, 3.05) is 50.9 Å². The van der Waals surface area contributed by atoms with Crippen molar-refractivity contribution in [2.24, 2.45) is 11.8 Å². The van der Waals surface area contributed by atoms with Crippen LogP contribution < -0.4 is 9.64 Å². The first-order valence-corrected chi connectivity index (χ1v) is 16.9. The summed E-state index contributed by atoms with van der Waals surface area (Å²) in [4.78, 5) is 18.6. The number of fused-ring (bicyclic) bond motifs is 3. The predicted octanol–water partition coefficient (Wildman–Crippen LogP) is 5.54. The Bertz CT molecular complexity index is 1770. The molecular weight excluding hydrogens is 609 g/mol. The van der Waals surface area contributed by atoms with Crippen LogP contribution in [0.5, 0.6) is 6.01 Å². The normalized spacial score (nSPS) is 23.2. The number of rotatable bonds is 10. The van der Waals surface area contributed by atoms with Crippen molar-refractivity contribution >= 4 is 39.2 Å². The second-order valence-electron chi connectivity index (χ2n) is 13.5. The highest BCUT2D eigenvalue weighted by atomic mass is 35.5. The Hall–Kier alpha value is -3.38. The van der Waals surface area contributed by atoms with Gasteiger partial charge in [-0.3, -0.25) is 15.0 Å². The van der Waals surface area contributed by atoms with Gasteiger partial charge in [-0.15, -0.1) is 0 Å². The molecule has 2 N–H and O–H groups in total. The van der Waals surface area contributed by atoms with Crippen LogP contribution in [0.15, 0.2) is 36.7 Å². The van der Waals surface area contributed by atoms with E-state index in [1.807, 2.05) is 4.90 Å². The molecule has 3 saturated heterocycles. The first-order valence-electron chi connectivity index (χ1n) is 16.5. The molecule has 242 valence electrons. The Morgan fingerprint density at radius 3 is 2.78 bits per heavy atom. The van der Waals surface area contributed by atoms with Crippen LogP contribution >= 0.6 is 11.6 Å². The molecule has 6 heterocycles. The average Bonchev–Trinajstić information content (AvgIpc) is 3.39. The van der Waals surface area contributed by atoms with Gasteiger partial charge in [-0.25, -0.2) is 4.39 Å². The summed E-state index contributed by atoms with van der Waals surface area (Å²) >= 11 is 6.41. The van der Waals surface area contributed by atoms with E-state index in [0.717, 1.165) is 38.8 Å². The number of ether oxygens (including phenoxy) is 2. The van der Waals surface area contributed by atoms with Gasteiger partial charge in [0.25, 0.3) is 0 Å². The molecule has 1 unspecified atom stereocenters. The average molecular weight is 648 g/mol. The van der Waals surface area contributed by atoms with E-state index in [0.29, 0.717) is 77.9 Å². The molecule has 4 aliphatic rings. The van der Waals surface area contributed by atoms with Crippen molar-refractivity contribution < 1.29 is 19.0 Å². The Labute approximate surface area is 272 Å². The maximum Gasteiger partial charge on any atom is 0.319 e. The van der Waals surface area contributed by atoms with Gasteiger partial charge in [-0.1, -0.05) is 23.8 Å². The molecule has 0 radical (unpaired) electrons. The summed E-state index contributed by atoms with van der Waals surface area (Å²) in [5.74, 6) is 0.705. The number of β-amino-alcohol motifs (C(OH)–C–C–N with tert-alkyl or cyclic N) is 1. The molecule has 1 saturated carbocycles. The van der Waals surface area contributed by atoms with E-state index in [2.05, 4.69) is 37.2 Å². The number of nitrogens with zero attached hydrogens (tertiary/aromatic N) is 6. The van der Waals surface area contributed by atoms with E-state index in [1.54, 1.807) is 24.5 Å². The van der Waals surface area contributed by atoms with Crippen LogP contribution in [-0.2, 0) is 4.74 Å². The number of aromatic nitrogens is 5. The maximum absolute atomic E-state index is 16.7. The molecule has 1 aromatic carbocycles. The largest absolute Gasteiger partial charge is 0.461 e. The summed E-state index contributed by atoms with van der Waals surface area (Å²) < 4.78 is 29.0. The third-order valence-electron chi connectivity index (χ3n) is 10.1. The van der Waals surface area contributed by atoms with Crippen LogP contribution in [0.1, 0.15) is 44.9 Å². The molecule has 0 amide bonds. The summed E-state index contributed by atoms with van der Waals surface area (Å²) in [6.07, 6.45) is 14.6. The number of piperidine rings is 1. The second kappa shape index (κ2) is 12.3. The molecule has 12 heteroatoms. The Kier molecular flexibility index (Phi) is 8.04. The molecular formula is C34H39ClFN7O3. The van der Waals surface area contributed by atoms with Gasteiger partial charge in [-0.2, -0.15) is 15.1 Å². The SMILES string of the molecule is O[C@@H]1CC(COC/C=C\C2CC2)CN(c2nc(OCC34CCCN3CCC4)nc3c(F)c(-c4cc(Cl)cc5[nH]ncc45)ncc23)C1. The minimum absolute atomic E-state index is 0.0220. The van der Waals surface area contributed by atoms with Gasteiger partial charge in [0, 0.05) is 41.2 Å². The zero-order valence-corrected chi connectivity index (χ0v) is 26.6. The number of hydrogen-bond donors (Lipinski definition) is 2. The molecule has 1 aliphatic carbocycles. The van der Waals surface area contributed by atoms with E-state index >= 15 is 4.39 Å². The highest BCUT2D eigenvalue weighted by Gasteiger charge is 2.45. The van der Waals surface area contributed by atoms with Gasteiger partial charge in [-0.05, 0) is 76.1 Å². The van der Waals surface area contributed by atoms with E-state index in [-0.39, 0.29) is 28.7 Å². The predicted molar refractivity (Wildman–Crippen MR) is 175 cm³/mol. The summed E-state index contributed by atoms with van der Waals surface area (Å²) in [6, 6.07) is 3.57. The van der Waals surface area contributed by atoms with Gasteiger partial charge >= 0.3 is 6.01 Å². The monoisotopic (exact) mass is 647 g/mol. The zero-order valence-electron chi connectivity index (χ0n) is 25.8. The number of H-pyrrole nitrogens is 1. The fourth-order valence-electron chi connectivity index (χ4n) is 7.69. The zero-order chi connectivity index (χ0) is 31.3. The molecule has 0 spiro atoms. The maximum atomic E-state index is 16.7. The van der Waals surface area contributed by atoms with Crippen molar-refractivity contribution in [3.63, 3.8) is 0 Å². The number of benzene rings is 1. The van der Waals surface area contributed by atoms with Crippen LogP contribution in [0.25, 0.3) is 33.1 Å². The molecule has 0 bridgehead atoms. The smallest absolute Gasteiger partial charge is 0.319 e. The lowest BCUT2D eigenvalue weighted by atomic mass is 9.95. The minimum Gasteiger partial charge on any atom is -0.461 e. The number of aromatic amines is 1. The van der Waals surface area contributed by atoms with Crippen molar-refractivity contribution in [2.45, 2.75) is 56.6 Å². The molecule has 46 heavy (non-hydrogen) atoms. The van der Waals surface area contributed by atoms with Gasteiger partial charge in [0.05, 0.1) is 42.0 Å². The Morgan fingerprint density at radius 2 is 1.96 bits per heavy atom. The van der Waals surface area contributed by atoms with Crippen LogP contribution in [0.2, 0.25) is 5.02 Å². The summed E-state index contributed by atoms with van der Waals surface area (Å²) in [5.41, 5.74) is 1.42. The van der Waals surface area contributed by atoms with Crippen LogP contribution in [0.3, 0.4) is 0 Å². The van der Waals surface area contributed by atoms with E-state index < -0.39 is 11.9 Å². The standard InChI is InChI=1S/C34H39ClFN7O3/c35-23-13-25(26-16-38-41-28(26)14-23)30-29(36)31-27(15-37-30)32(40-33(39-31)46-20-34-7-2-9-43(34)10-3-8-34)42-17-22(12-24(44)18-42)19-45-11-1-4-21-5-6-21/h1,4,13-16,21-22,24,44H,2-3,5-12,17-20H2,(H,38,41)/b4-1-/t22?,24-/m1/s1. The Balaban J connectivity index is 1.14. The summed E-state index contributed by atoms with van der Waals surface area (Å²) in [6.45, 7) is 4.62. The number of pyridine rings is 1. The lowest BCUT2D eigenvalue weighted by molar-refractivity contribution is 0.0690. The molecule has 2 atom stereocenters. The Morgan fingerprint density at radius 1 is 1.11 bits per heavy atom. The van der Waals surface area contributed by atoms with Gasteiger partial charge in [0.2, 0.25) is 0 Å². The first-order chi connectivity index (χ1) is 22.5. The third kappa shape index (κ3) is 5.83. The highest BCUT2D eigenvalue weighted by molar-refractivity contribution is 6.31. The minimum atomic E-state index is -0.586. The number of aliphatic hydroxyl groups excluding tert-OH is 1. The topological polar surface area (TPSA) is 113 Å². The third-order valence-corrected chi connectivity index (χ3v) is 10.3. The number of hydrogen-bond acceptors (Lipinski definition) is 9.